The number of amides is 1. The third-order valence-corrected chi connectivity index (χ3v) is 5.45. The molecule has 3 aromatic rings. The summed E-state index contributed by atoms with van der Waals surface area (Å²) in [5.74, 6) is 0.233. The molecule has 0 aliphatic carbocycles. The fourth-order valence-electron chi connectivity index (χ4n) is 3.90. The first-order chi connectivity index (χ1) is 16.8. The van der Waals surface area contributed by atoms with Crippen LogP contribution in [0.15, 0.2) is 76.9 Å². The zero-order chi connectivity index (χ0) is 25.1. The van der Waals surface area contributed by atoms with Crippen molar-refractivity contribution in [2.45, 2.75) is 39.8 Å². The van der Waals surface area contributed by atoms with Gasteiger partial charge in [0.25, 0.3) is 11.7 Å². The first kappa shape index (κ1) is 24.1. The summed E-state index contributed by atoms with van der Waals surface area (Å²) in [7, 11) is 0. The molecule has 0 bridgehead atoms. The molecule has 7 heteroatoms. The molecule has 0 radical (unpaired) electrons. The average Bonchev–Trinajstić information content (AvgIpc) is 3.45. The summed E-state index contributed by atoms with van der Waals surface area (Å²) in [5.41, 5.74) is 0.849. The predicted octanol–water partition coefficient (Wildman–Crippen LogP) is 5.73. The van der Waals surface area contributed by atoms with E-state index in [1.165, 1.54) is 11.2 Å². The number of benzene rings is 2. The maximum absolute atomic E-state index is 13.2. The zero-order valence-corrected chi connectivity index (χ0v) is 20.2. The maximum atomic E-state index is 13.2. The van der Waals surface area contributed by atoms with Gasteiger partial charge in [-0.25, -0.2) is 0 Å². The number of anilines is 1. The lowest BCUT2D eigenvalue weighted by Gasteiger charge is -2.23. The highest BCUT2D eigenvalue weighted by molar-refractivity contribution is 6.51. The number of carbonyl (C=O) groups excluding carboxylic acids is 2. The molecule has 4 rings (SSSR count). The highest BCUT2D eigenvalue weighted by Gasteiger charge is 2.48. The maximum Gasteiger partial charge on any atom is 0.300 e. The Hall–Kier alpha value is -4.00. The average molecular weight is 476 g/mol. The van der Waals surface area contributed by atoms with Crippen molar-refractivity contribution in [2.24, 2.45) is 5.92 Å². The molecule has 35 heavy (non-hydrogen) atoms. The highest BCUT2D eigenvalue weighted by Crippen LogP contribution is 2.42. The minimum atomic E-state index is -0.918. The van der Waals surface area contributed by atoms with E-state index < -0.39 is 17.7 Å². The number of aliphatic hydroxyl groups excluding tert-OH is 1. The number of rotatable bonds is 8. The molecule has 1 saturated heterocycles. The van der Waals surface area contributed by atoms with Gasteiger partial charge in [-0.3, -0.25) is 14.5 Å². The summed E-state index contributed by atoms with van der Waals surface area (Å²) >= 11 is 0. The van der Waals surface area contributed by atoms with Crippen LogP contribution >= 0.6 is 0 Å². The van der Waals surface area contributed by atoms with Crippen molar-refractivity contribution in [3.05, 3.63) is 83.8 Å². The van der Waals surface area contributed by atoms with Gasteiger partial charge in [0, 0.05) is 11.3 Å². The SMILES string of the molecule is CC(C)COc1ccc(/C(O)=C2/C(=O)C(=O)N(c3ccc(OC(C)C)cc3)C2c2ccco2)cc1. The van der Waals surface area contributed by atoms with Gasteiger partial charge in [0.2, 0.25) is 0 Å². The number of furan rings is 1. The van der Waals surface area contributed by atoms with Gasteiger partial charge in [0.05, 0.1) is 24.5 Å². The van der Waals surface area contributed by atoms with Crippen LogP contribution in [0.2, 0.25) is 0 Å². The quantitative estimate of drug-likeness (QED) is 0.254. The second-order valence-electron chi connectivity index (χ2n) is 9.07. The molecular formula is C28H29NO6. The number of carbonyl (C=O) groups is 2. The van der Waals surface area contributed by atoms with Gasteiger partial charge in [-0.2, -0.15) is 0 Å². The molecule has 182 valence electrons. The lowest BCUT2D eigenvalue weighted by molar-refractivity contribution is -0.132. The third kappa shape index (κ3) is 5.09. The Bertz CT molecular complexity index is 1210. The molecule has 2 aromatic carbocycles. The fourth-order valence-corrected chi connectivity index (χ4v) is 3.90. The molecule has 1 aromatic heterocycles. The van der Waals surface area contributed by atoms with Crippen molar-refractivity contribution in [2.75, 3.05) is 11.5 Å². The number of ether oxygens (including phenoxy) is 2. The van der Waals surface area contributed by atoms with Crippen molar-refractivity contribution in [1.82, 2.24) is 0 Å². The molecule has 1 amide bonds. The van der Waals surface area contributed by atoms with Crippen LogP contribution in [0.1, 0.15) is 45.1 Å². The van der Waals surface area contributed by atoms with E-state index in [4.69, 9.17) is 13.9 Å². The van der Waals surface area contributed by atoms with E-state index in [-0.39, 0.29) is 17.4 Å². The van der Waals surface area contributed by atoms with Gasteiger partial charge < -0.3 is 19.0 Å². The number of Topliss-reactive ketones (excluding diaryl/α,β-unsaturated/α-hetero) is 1. The number of hydrogen-bond acceptors (Lipinski definition) is 6. The Morgan fingerprint density at radius 3 is 2.20 bits per heavy atom. The van der Waals surface area contributed by atoms with Crippen LogP contribution in [-0.2, 0) is 9.59 Å². The Labute approximate surface area is 204 Å². The van der Waals surface area contributed by atoms with Crippen molar-refractivity contribution in [3.8, 4) is 11.5 Å². The monoisotopic (exact) mass is 475 g/mol. The van der Waals surface area contributed by atoms with Gasteiger partial charge in [0.15, 0.2) is 0 Å². The second kappa shape index (κ2) is 10.1. The van der Waals surface area contributed by atoms with Gasteiger partial charge >= 0.3 is 0 Å². The fraction of sp³-hybridized carbons (Fsp3) is 0.286. The third-order valence-electron chi connectivity index (χ3n) is 5.45. The number of hydrogen-bond donors (Lipinski definition) is 1. The topological polar surface area (TPSA) is 89.2 Å². The Morgan fingerprint density at radius 2 is 1.63 bits per heavy atom. The zero-order valence-electron chi connectivity index (χ0n) is 20.2. The predicted molar refractivity (Wildman–Crippen MR) is 132 cm³/mol. The van der Waals surface area contributed by atoms with Crippen LogP contribution < -0.4 is 14.4 Å². The lowest BCUT2D eigenvalue weighted by atomic mass is 9.99. The van der Waals surface area contributed by atoms with Crippen LogP contribution in [0.5, 0.6) is 11.5 Å². The number of nitrogens with zero attached hydrogens (tertiary/aromatic N) is 1. The van der Waals surface area contributed by atoms with Crippen molar-refractivity contribution >= 4 is 23.1 Å². The molecule has 1 atom stereocenters. The summed E-state index contributed by atoms with van der Waals surface area (Å²) in [6.45, 7) is 8.52. The smallest absolute Gasteiger partial charge is 0.300 e. The molecule has 7 nitrogen and oxygen atoms in total. The van der Waals surface area contributed by atoms with E-state index in [2.05, 4.69) is 13.8 Å². The summed E-state index contributed by atoms with van der Waals surface area (Å²) in [6.07, 6.45) is 1.47. The minimum Gasteiger partial charge on any atom is -0.507 e. The lowest BCUT2D eigenvalue weighted by Crippen LogP contribution is -2.29. The Kier molecular flexibility index (Phi) is 6.96. The normalized spacial score (nSPS) is 17.4. The Balaban J connectivity index is 1.73. The van der Waals surface area contributed by atoms with Crippen LogP contribution in [0.4, 0.5) is 5.69 Å². The van der Waals surface area contributed by atoms with E-state index in [0.717, 1.165) is 0 Å². The van der Waals surface area contributed by atoms with E-state index in [1.54, 1.807) is 60.7 Å². The van der Waals surface area contributed by atoms with Crippen LogP contribution in [-0.4, -0.2) is 29.5 Å². The highest BCUT2D eigenvalue weighted by atomic mass is 16.5. The Morgan fingerprint density at radius 1 is 0.971 bits per heavy atom. The van der Waals surface area contributed by atoms with Crippen molar-refractivity contribution in [3.63, 3.8) is 0 Å². The molecule has 0 spiro atoms. The molecule has 2 heterocycles. The van der Waals surface area contributed by atoms with Crippen LogP contribution in [0.25, 0.3) is 5.76 Å². The molecule has 1 N–H and O–H groups in total. The standard InChI is InChI=1S/C28H29NO6/c1-17(2)16-34-21-11-7-19(8-12-21)26(30)24-25(23-6-5-15-33-23)29(28(32)27(24)31)20-9-13-22(14-10-20)35-18(3)4/h5-15,17-18,25,30H,16H2,1-4H3/b26-24-. The van der Waals surface area contributed by atoms with Gasteiger partial charge in [-0.1, -0.05) is 13.8 Å². The molecule has 1 aliphatic heterocycles. The first-order valence-electron chi connectivity index (χ1n) is 11.6. The number of aliphatic hydroxyl groups is 1. The summed E-state index contributed by atoms with van der Waals surface area (Å²) in [5, 5.41) is 11.2. The first-order valence-corrected chi connectivity index (χ1v) is 11.6. The van der Waals surface area contributed by atoms with E-state index in [1.807, 2.05) is 13.8 Å². The van der Waals surface area contributed by atoms with Gasteiger partial charge in [0.1, 0.15) is 29.1 Å². The molecule has 1 fully saturated rings. The van der Waals surface area contributed by atoms with E-state index in [9.17, 15) is 14.7 Å². The van der Waals surface area contributed by atoms with Crippen LogP contribution in [0.3, 0.4) is 0 Å². The van der Waals surface area contributed by atoms with Gasteiger partial charge in [-0.15, -0.1) is 0 Å². The summed E-state index contributed by atoms with van der Waals surface area (Å²) < 4.78 is 17.0. The largest absolute Gasteiger partial charge is 0.507 e. The molecule has 1 unspecified atom stereocenters. The second-order valence-corrected chi connectivity index (χ2v) is 9.07. The van der Waals surface area contributed by atoms with E-state index >= 15 is 0 Å². The van der Waals surface area contributed by atoms with Crippen LogP contribution in [0, 0.1) is 5.92 Å². The van der Waals surface area contributed by atoms with Crippen molar-refractivity contribution < 1.29 is 28.6 Å². The minimum absolute atomic E-state index is 0.000332. The molecule has 1 aliphatic rings. The summed E-state index contributed by atoms with van der Waals surface area (Å²) in [6, 6.07) is 16.1. The van der Waals surface area contributed by atoms with Gasteiger partial charge in [-0.05, 0) is 80.4 Å². The molecule has 0 saturated carbocycles. The summed E-state index contributed by atoms with van der Waals surface area (Å²) in [4.78, 5) is 27.7. The number of ketones is 1. The molecular weight excluding hydrogens is 446 g/mol. The van der Waals surface area contributed by atoms with Crippen molar-refractivity contribution in [1.29, 1.82) is 0 Å². The van der Waals surface area contributed by atoms with E-state index in [0.29, 0.717) is 41.0 Å².